The topological polar surface area (TPSA) is 76.4 Å². The molecule has 1 saturated heterocycles. The number of guanidine groups is 1. The number of benzene rings is 2. The summed E-state index contributed by atoms with van der Waals surface area (Å²) in [6.45, 7) is 4.82. The van der Waals surface area contributed by atoms with Crippen LogP contribution in [0.25, 0.3) is 0 Å². The van der Waals surface area contributed by atoms with Crippen molar-refractivity contribution in [1.82, 2.24) is 25.4 Å². The van der Waals surface area contributed by atoms with Crippen molar-refractivity contribution < 1.29 is 4.74 Å². The first kappa shape index (κ1) is 26.2. The molecule has 2 aromatic carbocycles. The van der Waals surface area contributed by atoms with Gasteiger partial charge in [-0.15, -0.1) is 34.2 Å². The molecule has 182 valence electrons. The molecule has 0 radical (unpaired) electrons. The Labute approximate surface area is 219 Å². The van der Waals surface area contributed by atoms with E-state index in [-0.39, 0.29) is 30.1 Å². The van der Waals surface area contributed by atoms with Crippen LogP contribution in [0.5, 0.6) is 0 Å². The third-order valence-electron chi connectivity index (χ3n) is 6.21. The van der Waals surface area contributed by atoms with Gasteiger partial charge in [-0.1, -0.05) is 60.7 Å². The van der Waals surface area contributed by atoms with Crippen molar-refractivity contribution in [3.8, 4) is 0 Å². The SMILES string of the molecule is Cc1nnc(CN=C(NCCC(c2ccccc2)c2ccccc2)NCC2CCCO2)n1C.I. The average molecular weight is 575 g/mol. The molecule has 0 spiro atoms. The van der Waals surface area contributed by atoms with Gasteiger partial charge in [0.25, 0.3) is 0 Å². The zero-order chi connectivity index (χ0) is 22.9. The maximum Gasteiger partial charge on any atom is 0.191 e. The molecule has 1 aliphatic rings. The fourth-order valence-corrected chi connectivity index (χ4v) is 4.16. The van der Waals surface area contributed by atoms with Crippen molar-refractivity contribution in [2.75, 3.05) is 19.7 Å². The third-order valence-corrected chi connectivity index (χ3v) is 6.21. The van der Waals surface area contributed by atoms with E-state index in [1.807, 2.05) is 18.5 Å². The molecule has 1 unspecified atom stereocenters. The molecule has 0 aliphatic carbocycles. The van der Waals surface area contributed by atoms with Crippen molar-refractivity contribution >= 4 is 29.9 Å². The number of aliphatic imine (C=N–C) groups is 1. The molecule has 7 nitrogen and oxygen atoms in total. The molecule has 2 N–H and O–H groups in total. The van der Waals surface area contributed by atoms with Crippen LogP contribution in [0.2, 0.25) is 0 Å². The molecule has 1 aliphatic heterocycles. The summed E-state index contributed by atoms with van der Waals surface area (Å²) in [7, 11) is 1.97. The zero-order valence-electron chi connectivity index (χ0n) is 20.0. The molecule has 0 amide bonds. The van der Waals surface area contributed by atoms with Crippen LogP contribution in [-0.4, -0.2) is 46.5 Å². The van der Waals surface area contributed by atoms with Gasteiger partial charge in [0.15, 0.2) is 11.8 Å². The van der Waals surface area contributed by atoms with E-state index in [1.54, 1.807) is 0 Å². The van der Waals surface area contributed by atoms with Crippen LogP contribution in [0.15, 0.2) is 65.7 Å². The number of aryl methyl sites for hydroxylation is 1. The molecule has 1 atom stereocenters. The van der Waals surface area contributed by atoms with Gasteiger partial charge >= 0.3 is 0 Å². The molecule has 4 rings (SSSR count). The Morgan fingerprint density at radius 2 is 1.74 bits per heavy atom. The van der Waals surface area contributed by atoms with E-state index in [4.69, 9.17) is 9.73 Å². The first-order valence-electron chi connectivity index (χ1n) is 11.8. The van der Waals surface area contributed by atoms with Crippen LogP contribution in [0.1, 0.15) is 48.0 Å². The predicted molar refractivity (Wildman–Crippen MR) is 147 cm³/mol. The maximum absolute atomic E-state index is 5.78. The lowest BCUT2D eigenvalue weighted by Crippen LogP contribution is -2.41. The molecule has 3 aromatic rings. The minimum Gasteiger partial charge on any atom is -0.376 e. The smallest absolute Gasteiger partial charge is 0.191 e. The van der Waals surface area contributed by atoms with Gasteiger partial charge in [0.2, 0.25) is 0 Å². The van der Waals surface area contributed by atoms with Gasteiger partial charge in [-0.3, -0.25) is 0 Å². The molecule has 0 bridgehead atoms. The summed E-state index contributed by atoms with van der Waals surface area (Å²) in [5.41, 5.74) is 2.65. The number of nitrogens with zero attached hydrogens (tertiary/aromatic N) is 4. The highest BCUT2D eigenvalue weighted by Gasteiger charge is 2.17. The fourth-order valence-electron chi connectivity index (χ4n) is 4.16. The maximum atomic E-state index is 5.78. The van der Waals surface area contributed by atoms with E-state index in [0.717, 1.165) is 56.6 Å². The van der Waals surface area contributed by atoms with Gasteiger partial charge in [-0.25, -0.2) is 4.99 Å². The number of hydrogen-bond donors (Lipinski definition) is 2. The minimum atomic E-state index is 0. The van der Waals surface area contributed by atoms with Crippen molar-refractivity contribution in [2.45, 2.75) is 44.8 Å². The lowest BCUT2D eigenvalue weighted by atomic mass is 9.88. The standard InChI is InChI=1S/C26H34N6O.HI/c1-20-30-31-25(32(20)2)19-29-26(28-18-23-14-9-17-33-23)27-16-15-24(21-10-5-3-6-11-21)22-12-7-4-8-13-22;/h3-8,10-13,23-24H,9,14-19H2,1-2H3,(H2,27,28,29);1H. The second kappa shape index (κ2) is 13.4. The summed E-state index contributed by atoms with van der Waals surface area (Å²) in [4.78, 5) is 4.79. The lowest BCUT2D eigenvalue weighted by Gasteiger charge is -2.20. The number of nitrogens with one attached hydrogen (secondary N) is 2. The normalized spacial score (nSPS) is 15.9. The molecule has 8 heteroatoms. The van der Waals surface area contributed by atoms with E-state index >= 15 is 0 Å². The summed E-state index contributed by atoms with van der Waals surface area (Å²) in [5, 5.41) is 15.4. The van der Waals surface area contributed by atoms with Crippen LogP contribution in [0.3, 0.4) is 0 Å². The number of rotatable bonds is 9. The molecule has 1 fully saturated rings. The highest BCUT2D eigenvalue weighted by atomic mass is 127. The zero-order valence-corrected chi connectivity index (χ0v) is 22.3. The van der Waals surface area contributed by atoms with Crippen LogP contribution in [0, 0.1) is 6.92 Å². The van der Waals surface area contributed by atoms with Crippen molar-refractivity contribution in [3.63, 3.8) is 0 Å². The van der Waals surface area contributed by atoms with Crippen LogP contribution < -0.4 is 10.6 Å². The van der Waals surface area contributed by atoms with E-state index in [2.05, 4.69) is 81.5 Å². The first-order valence-corrected chi connectivity index (χ1v) is 11.8. The molecule has 1 aromatic heterocycles. The third kappa shape index (κ3) is 7.27. The Hall–Kier alpha value is -2.46. The van der Waals surface area contributed by atoms with Gasteiger partial charge in [0.1, 0.15) is 12.4 Å². The molecule has 2 heterocycles. The van der Waals surface area contributed by atoms with Gasteiger partial charge < -0.3 is 19.9 Å². The largest absolute Gasteiger partial charge is 0.376 e. The van der Waals surface area contributed by atoms with Crippen molar-refractivity contribution in [2.24, 2.45) is 12.0 Å². The quantitative estimate of drug-likeness (QED) is 0.228. The Kier molecular flexibility index (Phi) is 10.3. The number of halogens is 1. The monoisotopic (exact) mass is 574 g/mol. The predicted octanol–water partition coefficient (Wildman–Crippen LogP) is 4.18. The van der Waals surface area contributed by atoms with Crippen molar-refractivity contribution in [3.05, 3.63) is 83.4 Å². The van der Waals surface area contributed by atoms with E-state index in [1.165, 1.54) is 11.1 Å². The first-order chi connectivity index (χ1) is 16.2. The summed E-state index contributed by atoms with van der Waals surface area (Å²) in [5.74, 6) is 2.83. The summed E-state index contributed by atoms with van der Waals surface area (Å²) >= 11 is 0. The minimum absolute atomic E-state index is 0. The highest BCUT2D eigenvalue weighted by molar-refractivity contribution is 14.0. The molecular weight excluding hydrogens is 539 g/mol. The fraction of sp³-hybridized carbons (Fsp3) is 0.423. The Balaban J connectivity index is 0.00000324. The molecular formula is C26H35IN6O. The molecule has 34 heavy (non-hydrogen) atoms. The van der Waals surface area contributed by atoms with E-state index in [9.17, 15) is 0 Å². The summed E-state index contributed by atoms with van der Waals surface area (Å²) < 4.78 is 7.75. The van der Waals surface area contributed by atoms with Crippen LogP contribution in [0.4, 0.5) is 0 Å². The van der Waals surface area contributed by atoms with Gasteiger partial charge in [0.05, 0.1) is 6.10 Å². The average Bonchev–Trinajstić information content (AvgIpc) is 3.49. The Bertz CT molecular complexity index is 979. The summed E-state index contributed by atoms with van der Waals surface area (Å²) in [6.07, 6.45) is 3.42. The van der Waals surface area contributed by atoms with Gasteiger partial charge in [0, 0.05) is 32.7 Å². The molecule has 0 saturated carbocycles. The lowest BCUT2D eigenvalue weighted by molar-refractivity contribution is 0.114. The Morgan fingerprint density at radius 3 is 2.29 bits per heavy atom. The second-order valence-electron chi connectivity index (χ2n) is 8.49. The van der Waals surface area contributed by atoms with Gasteiger partial charge in [-0.05, 0) is 37.3 Å². The number of ether oxygens (including phenoxy) is 1. The van der Waals surface area contributed by atoms with E-state index in [0.29, 0.717) is 12.5 Å². The van der Waals surface area contributed by atoms with Crippen LogP contribution >= 0.6 is 24.0 Å². The Morgan fingerprint density at radius 1 is 1.06 bits per heavy atom. The van der Waals surface area contributed by atoms with Crippen LogP contribution in [-0.2, 0) is 18.3 Å². The summed E-state index contributed by atoms with van der Waals surface area (Å²) in [6, 6.07) is 21.4. The van der Waals surface area contributed by atoms with E-state index < -0.39 is 0 Å². The highest BCUT2D eigenvalue weighted by Crippen LogP contribution is 2.27. The van der Waals surface area contributed by atoms with Gasteiger partial charge in [-0.2, -0.15) is 0 Å². The number of aromatic nitrogens is 3. The second-order valence-corrected chi connectivity index (χ2v) is 8.49. The number of hydrogen-bond acceptors (Lipinski definition) is 4. The van der Waals surface area contributed by atoms with Crippen molar-refractivity contribution in [1.29, 1.82) is 0 Å².